The van der Waals surface area contributed by atoms with Gasteiger partial charge in [0.15, 0.2) is 5.69 Å². The predicted molar refractivity (Wildman–Crippen MR) is 64.6 cm³/mol. The molecule has 2 aromatic heterocycles. The minimum absolute atomic E-state index is 0.0874. The van der Waals surface area contributed by atoms with E-state index < -0.39 is 28.6 Å². The largest absolute Gasteiger partial charge is 0.435 e. The summed E-state index contributed by atoms with van der Waals surface area (Å²) >= 11 is 0. The lowest BCUT2D eigenvalue weighted by Gasteiger charge is -2.07. The Labute approximate surface area is 113 Å². The smallest absolute Gasteiger partial charge is 0.301 e. The number of imidazole rings is 1. The van der Waals surface area contributed by atoms with Crippen molar-refractivity contribution in [3.05, 3.63) is 35.3 Å². The summed E-state index contributed by atoms with van der Waals surface area (Å²) in [5, 5.41) is 0. The van der Waals surface area contributed by atoms with Crippen molar-refractivity contribution in [3.8, 4) is 0 Å². The third kappa shape index (κ3) is 3.10. The van der Waals surface area contributed by atoms with Gasteiger partial charge in [-0.2, -0.15) is 21.6 Å². The topological polar surface area (TPSA) is 60.7 Å². The molecule has 0 aliphatic rings. The summed E-state index contributed by atoms with van der Waals surface area (Å²) in [6.45, 7) is 0.993. The number of hydrogen-bond donors (Lipinski definition) is 0. The molecule has 9 heteroatoms. The Hall–Kier alpha value is -1.61. The highest BCUT2D eigenvalue weighted by atomic mass is 32.2. The maximum Gasteiger partial charge on any atom is 0.435 e. The van der Waals surface area contributed by atoms with E-state index in [1.54, 1.807) is 13.0 Å². The second-order valence-electron chi connectivity index (χ2n) is 4.30. The molecular weight excluding hydrogens is 297 g/mol. The van der Waals surface area contributed by atoms with Crippen LogP contribution in [-0.4, -0.2) is 24.1 Å². The number of pyridine rings is 1. The van der Waals surface area contributed by atoms with Gasteiger partial charge in [0, 0.05) is 6.20 Å². The van der Waals surface area contributed by atoms with Gasteiger partial charge >= 0.3 is 6.18 Å². The second kappa shape index (κ2) is 4.74. The highest BCUT2D eigenvalue weighted by Gasteiger charge is 2.38. The molecule has 0 fully saturated rings. The molecule has 0 aliphatic carbocycles. The summed E-state index contributed by atoms with van der Waals surface area (Å²) in [5.74, 6) is 0. The van der Waals surface area contributed by atoms with E-state index in [2.05, 4.69) is 9.17 Å². The molecule has 0 spiro atoms. The normalized spacial score (nSPS) is 13.1. The first-order valence-electron chi connectivity index (χ1n) is 5.47. The van der Waals surface area contributed by atoms with Crippen LogP contribution in [-0.2, 0) is 27.1 Å². The molecule has 0 bridgehead atoms. The van der Waals surface area contributed by atoms with Crippen LogP contribution in [0.25, 0.3) is 5.65 Å². The molecule has 0 aliphatic heterocycles. The molecule has 0 N–H and O–H groups in total. The number of nitrogens with zero attached hydrogens (tertiary/aromatic N) is 2. The van der Waals surface area contributed by atoms with Crippen molar-refractivity contribution in [1.29, 1.82) is 0 Å². The van der Waals surface area contributed by atoms with Crippen LogP contribution in [0.5, 0.6) is 0 Å². The second-order valence-corrected chi connectivity index (χ2v) is 5.95. The summed E-state index contributed by atoms with van der Waals surface area (Å²) in [7, 11) is -3.85. The molecule has 0 unspecified atom stereocenters. The van der Waals surface area contributed by atoms with Gasteiger partial charge in [0.2, 0.25) is 0 Å². The first-order chi connectivity index (χ1) is 9.08. The van der Waals surface area contributed by atoms with E-state index in [4.69, 9.17) is 0 Å². The molecule has 0 aromatic carbocycles. The molecule has 0 saturated heterocycles. The van der Waals surface area contributed by atoms with Gasteiger partial charge in [-0.25, -0.2) is 4.98 Å². The first kappa shape index (κ1) is 14.8. The molecule has 5 nitrogen and oxygen atoms in total. The van der Waals surface area contributed by atoms with Crippen LogP contribution in [0.15, 0.2) is 18.3 Å². The average Bonchev–Trinajstić information content (AvgIpc) is 2.62. The fourth-order valence-electron chi connectivity index (χ4n) is 1.73. The van der Waals surface area contributed by atoms with E-state index in [9.17, 15) is 21.6 Å². The summed E-state index contributed by atoms with van der Waals surface area (Å²) < 4.78 is 66.3. The third-order valence-electron chi connectivity index (χ3n) is 2.56. The lowest BCUT2D eigenvalue weighted by Crippen LogP contribution is -2.12. The van der Waals surface area contributed by atoms with E-state index in [0.29, 0.717) is 0 Å². The molecule has 2 aromatic rings. The number of fused-ring (bicyclic) bond motifs is 1. The van der Waals surface area contributed by atoms with Crippen molar-refractivity contribution in [1.82, 2.24) is 9.38 Å². The quantitative estimate of drug-likeness (QED) is 0.815. The van der Waals surface area contributed by atoms with Crippen LogP contribution in [0.4, 0.5) is 13.2 Å². The Kier molecular flexibility index (Phi) is 3.51. The van der Waals surface area contributed by atoms with Crippen molar-refractivity contribution in [3.63, 3.8) is 0 Å². The maximum atomic E-state index is 12.9. The van der Waals surface area contributed by atoms with Crippen LogP contribution < -0.4 is 0 Å². The first-order valence-corrected chi connectivity index (χ1v) is 7.29. The SMILES string of the molecule is Cc1ccn2c(COS(C)(=O)=O)c(C(F)(F)F)nc2c1. The molecule has 20 heavy (non-hydrogen) atoms. The molecule has 0 amide bonds. The Morgan fingerprint density at radius 2 is 2.05 bits per heavy atom. The number of halogens is 3. The van der Waals surface area contributed by atoms with Gasteiger partial charge < -0.3 is 4.40 Å². The summed E-state index contributed by atoms with van der Waals surface area (Å²) in [5.41, 5.74) is -0.666. The zero-order valence-electron chi connectivity index (χ0n) is 10.6. The van der Waals surface area contributed by atoms with Crippen LogP contribution in [0.1, 0.15) is 17.0 Å². The average molecular weight is 308 g/mol. The molecule has 2 rings (SSSR count). The third-order valence-corrected chi connectivity index (χ3v) is 3.10. The van der Waals surface area contributed by atoms with Crippen molar-refractivity contribution >= 4 is 15.8 Å². The molecule has 0 atom stereocenters. The van der Waals surface area contributed by atoms with Gasteiger partial charge in [-0.1, -0.05) is 0 Å². The van der Waals surface area contributed by atoms with Crippen molar-refractivity contribution in [2.45, 2.75) is 19.7 Å². The minimum Gasteiger partial charge on any atom is -0.301 e. The van der Waals surface area contributed by atoms with Crippen LogP contribution >= 0.6 is 0 Å². The predicted octanol–water partition coefficient (Wildman–Crippen LogP) is 2.14. The van der Waals surface area contributed by atoms with Crippen LogP contribution in [0, 0.1) is 6.92 Å². The van der Waals surface area contributed by atoms with Crippen LogP contribution in [0.2, 0.25) is 0 Å². The number of aryl methyl sites for hydroxylation is 1. The van der Waals surface area contributed by atoms with Crippen molar-refractivity contribution in [2.75, 3.05) is 6.26 Å². The van der Waals surface area contributed by atoms with Gasteiger partial charge in [-0.3, -0.25) is 4.18 Å². The van der Waals surface area contributed by atoms with Gasteiger partial charge in [0.05, 0.1) is 11.9 Å². The zero-order chi connectivity index (χ0) is 15.1. The number of hydrogen-bond acceptors (Lipinski definition) is 4. The van der Waals surface area contributed by atoms with Gasteiger partial charge in [0.1, 0.15) is 12.3 Å². The summed E-state index contributed by atoms with van der Waals surface area (Å²) in [6, 6.07) is 3.07. The van der Waals surface area contributed by atoms with Crippen molar-refractivity contribution < 1.29 is 25.8 Å². The van der Waals surface area contributed by atoms with Gasteiger partial charge in [0.25, 0.3) is 10.1 Å². The van der Waals surface area contributed by atoms with E-state index in [-0.39, 0.29) is 11.3 Å². The lowest BCUT2D eigenvalue weighted by atomic mass is 10.3. The Balaban J connectivity index is 2.59. The maximum absolute atomic E-state index is 12.9. The van der Waals surface area contributed by atoms with E-state index in [1.165, 1.54) is 16.7 Å². The van der Waals surface area contributed by atoms with E-state index in [0.717, 1.165) is 11.8 Å². The summed E-state index contributed by atoms with van der Waals surface area (Å²) in [4.78, 5) is 3.51. The Morgan fingerprint density at radius 1 is 1.40 bits per heavy atom. The molecule has 2 heterocycles. The minimum atomic E-state index is -4.68. The fraction of sp³-hybridized carbons (Fsp3) is 0.364. The van der Waals surface area contributed by atoms with E-state index >= 15 is 0 Å². The van der Waals surface area contributed by atoms with Gasteiger partial charge in [-0.05, 0) is 24.6 Å². The standard InChI is InChI=1S/C11H11F3N2O3S/c1-7-3-4-16-8(6-19-20(2,17)18)10(11(12,13)14)15-9(16)5-7/h3-5H,6H2,1-2H3. The molecule has 110 valence electrons. The van der Waals surface area contributed by atoms with Gasteiger partial charge in [-0.15, -0.1) is 0 Å². The fourth-order valence-corrected chi connectivity index (χ4v) is 2.05. The molecule has 0 saturated carbocycles. The highest BCUT2D eigenvalue weighted by Crippen LogP contribution is 2.32. The number of alkyl halides is 3. The molecule has 0 radical (unpaired) electrons. The molecular formula is C11H11F3N2O3S. The zero-order valence-corrected chi connectivity index (χ0v) is 11.4. The Bertz CT molecular complexity index is 750. The lowest BCUT2D eigenvalue weighted by molar-refractivity contribution is -0.141. The number of aromatic nitrogens is 2. The highest BCUT2D eigenvalue weighted by molar-refractivity contribution is 7.85. The van der Waals surface area contributed by atoms with Crippen LogP contribution in [0.3, 0.4) is 0 Å². The Morgan fingerprint density at radius 3 is 2.60 bits per heavy atom. The monoisotopic (exact) mass is 308 g/mol. The number of rotatable bonds is 3. The van der Waals surface area contributed by atoms with Crippen molar-refractivity contribution in [2.24, 2.45) is 0 Å². The van der Waals surface area contributed by atoms with E-state index in [1.807, 2.05) is 0 Å². The summed E-state index contributed by atoms with van der Waals surface area (Å²) in [6.07, 6.45) is -2.52.